The van der Waals surface area contributed by atoms with E-state index < -0.39 is 0 Å². The van der Waals surface area contributed by atoms with Gasteiger partial charge in [-0.2, -0.15) is 0 Å². The molecular weight excluding hydrogens is 340 g/mol. The third-order valence-corrected chi connectivity index (χ3v) is 8.51. The van der Waals surface area contributed by atoms with Gasteiger partial charge in [0.25, 0.3) is 0 Å². The lowest BCUT2D eigenvalue weighted by atomic mass is 10.3. The van der Waals surface area contributed by atoms with E-state index in [0.29, 0.717) is 9.16 Å². The lowest BCUT2D eigenvalue weighted by Gasteiger charge is -2.19. The molecule has 0 radical (unpaired) electrons. The van der Waals surface area contributed by atoms with E-state index in [1.165, 1.54) is 19.3 Å². The molecule has 128 valence electrons. The first kappa shape index (κ1) is 22.2. The van der Waals surface area contributed by atoms with Gasteiger partial charge in [0.15, 0.2) is 0 Å². The van der Waals surface area contributed by atoms with Crippen LogP contribution in [0, 0.1) is 0 Å². The molecule has 0 spiro atoms. The Morgan fingerprint density at radius 3 is 1.05 bits per heavy atom. The van der Waals surface area contributed by atoms with Gasteiger partial charge in [-0.3, -0.25) is 0 Å². The Hall–Kier alpha value is 1.24. The minimum Gasteiger partial charge on any atom is -0.330 e. The quantitative estimate of drug-likeness (QED) is 0.303. The monoisotopic (exact) mass is 372 g/mol. The van der Waals surface area contributed by atoms with E-state index in [-0.39, 0.29) is 0 Å². The Balaban J connectivity index is 3.96. The summed E-state index contributed by atoms with van der Waals surface area (Å²) in [5, 5.41) is 0. The fraction of sp³-hybridized carbons (Fsp3) is 1.00. The average molecular weight is 373 g/mol. The molecule has 0 fully saturated rings. The molecule has 0 aromatic carbocycles. The van der Waals surface area contributed by atoms with E-state index in [4.69, 9.17) is 22.9 Å². The van der Waals surface area contributed by atoms with Gasteiger partial charge in [-0.1, -0.05) is 0 Å². The molecule has 0 atom stereocenters. The maximum atomic E-state index is 5.61. The summed E-state index contributed by atoms with van der Waals surface area (Å²) in [6, 6.07) is 0. The molecule has 0 saturated heterocycles. The van der Waals surface area contributed by atoms with Crippen molar-refractivity contribution in [2.45, 2.75) is 28.4 Å². The molecule has 0 aromatic rings. The van der Waals surface area contributed by atoms with Crippen LogP contribution in [-0.2, 0) is 0 Å². The summed E-state index contributed by atoms with van der Waals surface area (Å²) in [6.45, 7) is 3.02. The number of hydrogen-bond acceptors (Lipinski definition) is 8. The van der Waals surface area contributed by atoms with Crippen molar-refractivity contribution in [3.8, 4) is 0 Å². The highest BCUT2D eigenvalue weighted by Gasteiger charge is 2.13. The van der Waals surface area contributed by atoms with Crippen LogP contribution in [0.1, 0.15) is 19.3 Å². The van der Waals surface area contributed by atoms with Crippen molar-refractivity contribution in [2.24, 2.45) is 22.9 Å². The molecule has 0 amide bonds. The Morgan fingerprint density at radius 2 is 0.810 bits per heavy atom. The first-order chi connectivity index (χ1) is 10.3. The smallest absolute Gasteiger partial charge is 0.0503 e. The molecule has 0 unspecified atom stereocenters. The molecule has 21 heavy (non-hydrogen) atoms. The van der Waals surface area contributed by atoms with Crippen molar-refractivity contribution < 1.29 is 0 Å². The van der Waals surface area contributed by atoms with Crippen LogP contribution in [0.2, 0.25) is 0 Å². The lowest BCUT2D eigenvalue weighted by molar-refractivity contribution is 0.754. The Labute approximate surface area is 147 Å². The number of nitrogens with two attached hydrogens (primary N) is 4. The van der Waals surface area contributed by atoms with Crippen molar-refractivity contribution >= 4 is 47.0 Å². The number of hydrogen-bond donors (Lipinski definition) is 4. The van der Waals surface area contributed by atoms with Crippen LogP contribution in [0.5, 0.6) is 0 Å². The zero-order valence-corrected chi connectivity index (χ0v) is 16.1. The van der Waals surface area contributed by atoms with Gasteiger partial charge in [-0.15, -0.1) is 47.0 Å². The molecule has 8 heteroatoms. The molecule has 0 rings (SSSR count). The van der Waals surface area contributed by atoms with Crippen molar-refractivity contribution in [3.63, 3.8) is 0 Å². The van der Waals surface area contributed by atoms with Crippen LogP contribution in [-0.4, -0.2) is 58.4 Å². The van der Waals surface area contributed by atoms with Gasteiger partial charge in [0.2, 0.25) is 0 Å². The van der Waals surface area contributed by atoms with Gasteiger partial charge >= 0.3 is 0 Å². The third kappa shape index (κ3) is 14.6. The van der Waals surface area contributed by atoms with Crippen molar-refractivity contribution in [3.05, 3.63) is 0 Å². The van der Waals surface area contributed by atoms with E-state index in [1.54, 1.807) is 0 Å². The summed E-state index contributed by atoms with van der Waals surface area (Å²) >= 11 is 7.91. The van der Waals surface area contributed by atoms with Gasteiger partial charge in [0.1, 0.15) is 0 Å². The molecule has 0 aromatic heterocycles. The molecule has 0 saturated carbocycles. The largest absolute Gasteiger partial charge is 0.330 e. The summed E-state index contributed by atoms with van der Waals surface area (Å²) in [4.78, 5) is 0. The number of rotatable bonds is 16. The summed E-state index contributed by atoms with van der Waals surface area (Å²) in [7, 11) is 0. The standard InChI is InChI=1S/C13H32N4S4/c14-4-8-18-12(19-9-5-15)2-1-3-13(20-10-6-16)21-11-7-17/h12-13H,1-11,14-17H2. The molecule has 0 aliphatic heterocycles. The third-order valence-electron chi connectivity index (χ3n) is 2.57. The van der Waals surface area contributed by atoms with Gasteiger partial charge in [-0.25, -0.2) is 0 Å². The minimum atomic E-state index is 0.636. The molecule has 0 aliphatic carbocycles. The lowest BCUT2D eigenvalue weighted by Crippen LogP contribution is -2.12. The van der Waals surface area contributed by atoms with Gasteiger partial charge in [-0.05, 0) is 19.3 Å². The summed E-state index contributed by atoms with van der Waals surface area (Å²) < 4.78 is 1.27. The first-order valence-corrected chi connectivity index (χ1v) is 11.7. The molecule has 0 bridgehead atoms. The SMILES string of the molecule is NCCSC(CCCC(SCCN)SCCN)SCCN. The molecule has 0 aliphatic rings. The van der Waals surface area contributed by atoms with E-state index in [1.807, 2.05) is 47.0 Å². The van der Waals surface area contributed by atoms with E-state index in [0.717, 1.165) is 49.2 Å². The van der Waals surface area contributed by atoms with Crippen LogP contribution < -0.4 is 22.9 Å². The highest BCUT2D eigenvalue weighted by atomic mass is 32.2. The normalized spacial score (nSPS) is 11.7. The second kappa shape index (κ2) is 17.6. The maximum absolute atomic E-state index is 5.61. The fourth-order valence-corrected chi connectivity index (χ4v) is 6.53. The van der Waals surface area contributed by atoms with Crippen molar-refractivity contribution in [2.75, 3.05) is 49.2 Å². The Morgan fingerprint density at radius 1 is 0.524 bits per heavy atom. The number of thioether (sulfide) groups is 4. The topological polar surface area (TPSA) is 104 Å². The van der Waals surface area contributed by atoms with Gasteiger partial charge in [0, 0.05) is 49.2 Å². The second-order valence-electron chi connectivity index (χ2n) is 4.43. The van der Waals surface area contributed by atoms with Crippen LogP contribution in [0.15, 0.2) is 0 Å². The summed E-state index contributed by atoms with van der Waals surface area (Å²) in [5.74, 6) is 4.15. The van der Waals surface area contributed by atoms with E-state index in [2.05, 4.69) is 0 Å². The van der Waals surface area contributed by atoms with Crippen LogP contribution in [0.3, 0.4) is 0 Å². The molecular formula is C13H32N4S4. The minimum absolute atomic E-state index is 0.636. The van der Waals surface area contributed by atoms with Crippen LogP contribution in [0.25, 0.3) is 0 Å². The average Bonchev–Trinajstić information content (AvgIpc) is 2.51. The summed E-state index contributed by atoms with van der Waals surface area (Å²) in [5.41, 5.74) is 22.4. The Bertz CT molecular complexity index is 177. The molecule has 8 N–H and O–H groups in total. The van der Waals surface area contributed by atoms with Gasteiger partial charge in [0.05, 0.1) is 9.16 Å². The maximum Gasteiger partial charge on any atom is 0.0503 e. The fourth-order valence-electron chi connectivity index (χ4n) is 1.68. The Kier molecular flexibility index (Phi) is 18.6. The highest BCUT2D eigenvalue weighted by Crippen LogP contribution is 2.32. The highest BCUT2D eigenvalue weighted by molar-refractivity contribution is 8.17. The van der Waals surface area contributed by atoms with Crippen molar-refractivity contribution in [1.82, 2.24) is 0 Å². The first-order valence-electron chi connectivity index (χ1n) is 7.55. The molecule has 4 nitrogen and oxygen atoms in total. The second-order valence-corrected chi connectivity index (χ2v) is 10.3. The predicted octanol–water partition coefficient (Wildman–Crippen LogP) is 1.58. The van der Waals surface area contributed by atoms with E-state index in [9.17, 15) is 0 Å². The van der Waals surface area contributed by atoms with Crippen LogP contribution in [0.4, 0.5) is 0 Å². The zero-order chi connectivity index (χ0) is 15.8. The zero-order valence-electron chi connectivity index (χ0n) is 12.9. The van der Waals surface area contributed by atoms with Crippen LogP contribution >= 0.6 is 47.0 Å². The molecule has 0 heterocycles. The predicted molar refractivity (Wildman–Crippen MR) is 107 cm³/mol. The van der Waals surface area contributed by atoms with Gasteiger partial charge < -0.3 is 22.9 Å². The summed E-state index contributed by atoms with van der Waals surface area (Å²) in [6.07, 6.45) is 3.72. The van der Waals surface area contributed by atoms with E-state index >= 15 is 0 Å². The van der Waals surface area contributed by atoms with Crippen molar-refractivity contribution in [1.29, 1.82) is 0 Å².